The highest BCUT2D eigenvalue weighted by Gasteiger charge is 2.20. The number of nitrogens with zero attached hydrogens (tertiary/aromatic N) is 1. The third-order valence-corrected chi connectivity index (χ3v) is 5.84. The van der Waals surface area contributed by atoms with Gasteiger partial charge in [-0.1, -0.05) is 30.4 Å². The topological polar surface area (TPSA) is 37.4 Å². The van der Waals surface area contributed by atoms with Crippen molar-refractivity contribution in [1.29, 1.82) is 0 Å². The summed E-state index contributed by atoms with van der Waals surface area (Å²) in [7, 11) is 2.14. The summed E-state index contributed by atoms with van der Waals surface area (Å²) in [4.78, 5) is 26.7. The van der Waals surface area contributed by atoms with E-state index >= 15 is 0 Å². The molecule has 1 heterocycles. The van der Waals surface area contributed by atoms with Gasteiger partial charge in [-0.2, -0.15) is 0 Å². The molecule has 1 aliphatic heterocycles. The molecule has 0 amide bonds. The molecule has 27 heavy (non-hydrogen) atoms. The number of fused-ring (bicyclic) bond motifs is 1. The zero-order valence-electron chi connectivity index (χ0n) is 16.5. The Balaban J connectivity index is 1.69. The lowest BCUT2D eigenvalue weighted by atomic mass is 9.89. The van der Waals surface area contributed by atoms with E-state index in [0.29, 0.717) is 25.0 Å². The molecule has 2 aliphatic rings. The zero-order valence-corrected chi connectivity index (χ0v) is 16.5. The number of hydrogen-bond donors (Lipinski definition) is 0. The van der Waals surface area contributed by atoms with E-state index in [0.717, 1.165) is 38.5 Å². The number of aryl methyl sites for hydroxylation is 1. The van der Waals surface area contributed by atoms with Crippen LogP contribution in [0, 0.1) is 5.92 Å². The first-order valence-corrected chi connectivity index (χ1v) is 10.4. The summed E-state index contributed by atoms with van der Waals surface area (Å²) in [5, 5.41) is 0. The molecule has 0 saturated carbocycles. The average Bonchev–Trinajstić information content (AvgIpc) is 2.67. The second-order valence-corrected chi connectivity index (χ2v) is 7.79. The van der Waals surface area contributed by atoms with Crippen LogP contribution in [0.2, 0.25) is 0 Å². The molecule has 144 valence electrons. The predicted molar refractivity (Wildman–Crippen MR) is 111 cm³/mol. The number of Topliss-reactive ketones (excluding diaryl/α,β-unsaturated/α-hetero) is 1. The van der Waals surface area contributed by atoms with Gasteiger partial charge in [0.15, 0.2) is 5.78 Å². The van der Waals surface area contributed by atoms with E-state index in [-0.39, 0.29) is 11.7 Å². The first-order valence-electron chi connectivity index (χ1n) is 10.4. The zero-order chi connectivity index (χ0) is 19.1. The van der Waals surface area contributed by atoms with E-state index in [4.69, 9.17) is 0 Å². The lowest BCUT2D eigenvalue weighted by molar-refractivity contribution is -0.123. The second kappa shape index (κ2) is 9.68. The number of carbonyl (C=O) groups is 2. The highest BCUT2D eigenvalue weighted by atomic mass is 16.1. The van der Waals surface area contributed by atoms with Crippen LogP contribution in [0.1, 0.15) is 63.4 Å². The number of benzene rings is 1. The number of para-hydroxylation sites is 1. The molecule has 3 rings (SSSR count). The van der Waals surface area contributed by atoms with Crippen LogP contribution >= 0.6 is 0 Å². The molecule has 0 N–H and O–H groups in total. The molecule has 1 aromatic carbocycles. The molecule has 3 nitrogen and oxygen atoms in total. The van der Waals surface area contributed by atoms with Crippen molar-refractivity contribution in [2.75, 3.05) is 11.9 Å². The molecule has 1 aromatic rings. The van der Waals surface area contributed by atoms with Gasteiger partial charge in [0, 0.05) is 37.2 Å². The lowest BCUT2D eigenvalue weighted by Crippen LogP contribution is -2.21. The molecule has 0 aromatic heterocycles. The number of hydrogen-bond acceptors (Lipinski definition) is 3. The van der Waals surface area contributed by atoms with Gasteiger partial charge >= 0.3 is 0 Å². The van der Waals surface area contributed by atoms with E-state index in [1.54, 1.807) is 6.08 Å². The number of anilines is 1. The predicted octanol–water partition coefficient (Wildman–Crippen LogP) is 5.40. The molecule has 1 atom stereocenters. The summed E-state index contributed by atoms with van der Waals surface area (Å²) in [5.74, 6) is 0.591. The highest BCUT2D eigenvalue weighted by molar-refractivity contribution is 5.90. The van der Waals surface area contributed by atoms with E-state index in [9.17, 15) is 9.59 Å². The van der Waals surface area contributed by atoms with Gasteiger partial charge in [0.2, 0.25) is 0 Å². The van der Waals surface area contributed by atoms with Crippen molar-refractivity contribution >= 4 is 17.3 Å². The Morgan fingerprint density at radius 2 is 1.85 bits per heavy atom. The molecular formula is C24H31NO2. The fourth-order valence-corrected chi connectivity index (χ4v) is 4.15. The number of allylic oxidation sites excluding steroid dienone is 4. The number of ketones is 2. The molecular weight excluding hydrogens is 334 g/mol. The van der Waals surface area contributed by atoms with Crippen LogP contribution in [0.5, 0.6) is 0 Å². The Kier molecular flexibility index (Phi) is 7.03. The summed E-state index contributed by atoms with van der Waals surface area (Å²) in [6.07, 6.45) is 14.6. The smallest absolute Gasteiger partial charge is 0.155 e. The molecule has 0 spiro atoms. The molecule has 3 heteroatoms. The van der Waals surface area contributed by atoms with Crippen LogP contribution in [0.4, 0.5) is 5.69 Å². The van der Waals surface area contributed by atoms with Crippen LogP contribution in [0.15, 0.2) is 48.2 Å². The summed E-state index contributed by atoms with van der Waals surface area (Å²) in [6, 6.07) is 8.63. The number of carbonyl (C=O) groups excluding carboxylic acids is 2. The van der Waals surface area contributed by atoms with E-state index in [2.05, 4.69) is 42.3 Å². The van der Waals surface area contributed by atoms with Gasteiger partial charge in [-0.15, -0.1) is 0 Å². The van der Waals surface area contributed by atoms with Gasteiger partial charge in [-0.05, 0) is 69.1 Å². The van der Waals surface area contributed by atoms with Crippen LogP contribution in [-0.4, -0.2) is 18.6 Å². The average molecular weight is 366 g/mol. The van der Waals surface area contributed by atoms with E-state index < -0.39 is 0 Å². The molecule has 0 bridgehead atoms. The minimum Gasteiger partial charge on any atom is -0.348 e. The molecule has 1 aliphatic carbocycles. The minimum atomic E-state index is 0.0298. The normalized spacial score (nSPS) is 25.0. The molecule has 0 radical (unpaired) electrons. The second-order valence-electron chi connectivity index (χ2n) is 7.79. The van der Waals surface area contributed by atoms with Crippen molar-refractivity contribution in [1.82, 2.24) is 0 Å². The molecule has 1 unspecified atom stereocenters. The Hall–Kier alpha value is -2.16. The van der Waals surface area contributed by atoms with Crippen molar-refractivity contribution in [2.45, 2.75) is 64.2 Å². The summed E-state index contributed by atoms with van der Waals surface area (Å²) in [6.45, 7) is 0. The maximum atomic E-state index is 12.6. The third-order valence-electron chi connectivity index (χ3n) is 5.84. The largest absolute Gasteiger partial charge is 0.348 e. The van der Waals surface area contributed by atoms with Crippen LogP contribution in [0.25, 0.3) is 0 Å². The van der Waals surface area contributed by atoms with Crippen molar-refractivity contribution in [2.24, 2.45) is 5.92 Å². The van der Waals surface area contributed by atoms with Crippen molar-refractivity contribution < 1.29 is 9.59 Å². The SMILES string of the molecule is CN1/C(CCC2C/C=C\C(=O)CCCCC2=O)=C/CCCc2ccccc21. The van der Waals surface area contributed by atoms with Crippen molar-refractivity contribution in [3.05, 3.63) is 53.8 Å². The van der Waals surface area contributed by atoms with Crippen molar-refractivity contribution in [3.63, 3.8) is 0 Å². The fourth-order valence-electron chi connectivity index (χ4n) is 4.15. The number of rotatable bonds is 3. The van der Waals surface area contributed by atoms with Gasteiger partial charge in [0.25, 0.3) is 0 Å². The maximum absolute atomic E-state index is 12.6. The van der Waals surface area contributed by atoms with E-state index in [1.165, 1.54) is 23.4 Å². The van der Waals surface area contributed by atoms with E-state index in [1.807, 2.05) is 6.08 Å². The Labute approximate surface area is 163 Å². The monoisotopic (exact) mass is 365 g/mol. The van der Waals surface area contributed by atoms with Crippen LogP contribution in [-0.2, 0) is 16.0 Å². The van der Waals surface area contributed by atoms with Crippen molar-refractivity contribution in [3.8, 4) is 0 Å². The van der Waals surface area contributed by atoms with Gasteiger partial charge in [-0.3, -0.25) is 9.59 Å². The quantitative estimate of drug-likeness (QED) is 0.720. The van der Waals surface area contributed by atoms with Gasteiger partial charge in [0.05, 0.1) is 0 Å². The molecule has 0 saturated heterocycles. The summed E-state index contributed by atoms with van der Waals surface area (Å²) < 4.78 is 0. The third kappa shape index (κ3) is 5.41. The Morgan fingerprint density at radius 3 is 2.74 bits per heavy atom. The Bertz CT molecular complexity index is 732. The van der Waals surface area contributed by atoms with Crippen LogP contribution < -0.4 is 4.90 Å². The maximum Gasteiger partial charge on any atom is 0.155 e. The first kappa shape index (κ1) is 19.6. The standard InChI is InChI=1S/C24H31NO2/c1-25-21(12-4-2-9-19-10-3-6-15-23(19)25)18-17-20-11-8-14-22(26)13-5-7-16-24(20)27/h3,6,8,10,12,14-15,20H,2,4-5,7,9,11,13,16-18H2,1H3/b14-8-,21-12+. The van der Waals surface area contributed by atoms with Gasteiger partial charge in [0.1, 0.15) is 5.78 Å². The van der Waals surface area contributed by atoms with Gasteiger partial charge < -0.3 is 4.90 Å². The van der Waals surface area contributed by atoms with Gasteiger partial charge in [-0.25, -0.2) is 0 Å². The first-order chi connectivity index (χ1) is 13.1. The Morgan fingerprint density at radius 1 is 1.04 bits per heavy atom. The fraction of sp³-hybridized carbons (Fsp3) is 0.500. The lowest BCUT2D eigenvalue weighted by Gasteiger charge is -2.28. The molecule has 0 fully saturated rings. The minimum absolute atomic E-state index is 0.0298. The summed E-state index contributed by atoms with van der Waals surface area (Å²) in [5.41, 5.74) is 4.00. The highest BCUT2D eigenvalue weighted by Crippen LogP contribution is 2.30. The van der Waals surface area contributed by atoms with Crippen LogP contribution in [0.3, 0.4) is 0 Å². The summed E-state index contributed by atoms with van der Waals surface area (Å²) >= 11 is 0.